The van der Waals surface area contributed by atoms with Crippen LogP contribution in [0.15, 0.2) is 18.5 Å². The molecule has 114 valence electrons. The maximum absolute atomic E-state index is 12.7. The molecule has 0 aliphatic carbocycles. The van der Waals surface area contributed by atoms with Gasteiger partial charge in [0.25, 0.3) is 0 Å². The molecule has 3 rings (SSSR count). The molecular formula is C11H11F3N4O2S. The SMILES string of the molecule is O=S1(=O)CCC(Nc2nccn3nc(C(F)(F)F)cc23)C1. The van der Waals surface area contributed by atoms with Crippen LogP contribution in [0.1, 0.15) is 12.1 Å². The monoisotopic (exact) mass is 320 g/mol. The van der Waals surface area contributed by atoms with Crippen LogP contribution in [0, 0.1) is 0 Å². The maximum atomic E-state index is 12.7. The molecule has 1 unspecified atom stereocenters. The van der Waals surface area contributed by atoms with E-state index >= 15 is 0 Å². The second kappa shape index (κ2) is 4.58. The van der Waals surface area contributed by atoms with Crippen molar-refractivity contribution in [3.8, 4) is 0 Å². The summed E-state index contributed by atoms with van der Waals surface area (Å²) < 4.78 is 61.9. The number of sulfone groups is 1. The van der Waals surface area contributed by atoms with Crippen LogP contribution in [0.3, 0.4) is 0 Å². The number of fused-ring (bicyclic) bond motifs is 1. The lowest BCUT2D eigenvalue weighted by atomic mass is 10.2. The molecule has 1 fully saturated rings. The second-order valence-corrected chi connectivity index (χ2v) is 7.11. The zero-order valence-corrected chi connectivity index (χ0v) is 11.4. The van der Waals surface area contributed by atoms with Crippen LogP contribution < -0.4 is 5.32 Å². The number of hydrogen-bond donors (Lipinski definition) is 1. The Labute approximate surface area is 117 Å². The number of rotatable bonds is 2. The van der Waals surface area contributed by atoms with E-state index in [0.717, 1.165) is 10.6 Å². The normalized spacial score (nSPS) is 21.8. The van der Waals surface area contributed by atoms with Gasteiger partial charge < -0.3 is 5.32 Å². The van der Waals surface area contributed by atoms with Crippen molar-refractivity contribution in [1.82, 2.24) is 14.6 Å². The quantitative estimate of drug-likeness (QED) is 0.904. The van der Waals surface area contributed by atoms with Gasteiger partial charge in [-0.3, -0.25) is 0 Å². The highest BCUT2D eigenvalue weighted by Crippen LogP contribution is 2.30. The van der Waals surface area contributed by atoms with E-state index in [4.69, 9.17) is 0 Å². The molecule has 2 aromatic heterocycles. The molecular weight excluding hydrogens is 309 g/mol. The first kappa shape index (κ1) is 14.1. The zero-order valence-electron chi connectivity index (χ0n) is 10.6. The second-order valence-electron chi connectivity index (χ2n) is 4.88. The standard InChI is InChI=1S/C11H11F3N4O2S/c12-11(13,14)9-5-8-10(15-2-3-18(8)17-9)16-7-1-4-21(19,20)6-7/h2-3,5,7H,1,4,6H2,(H,15,16). The smallest absolute Gasteiger partial charge is 0.364 e. The van der Waals surface area contributed by atoms with Gasteiger partial charge in [0.15, 0.2) is 21.3 Å². The average molecular weight is 320 g/mol. The fourth-order valence-electron chi connectivity index (χ4n) is 2.27. The maximum Gasteiger partial charge on any atom is 0.435 e. The predicted molar refractivity (Wildman–Crippen MR) is 68.7 cm³/mol. The first-order chi connectivity index (χ1) is 9.74. The van der Waals surface area contributed by atoms with Gasteiger partial charge in [-0.25, -0.2) is 17.9 Å². The molecule has 1 aliphatic heterocycles. The Bertz CT molecular complexity index is 784. The van der Waals surface area contributed by atoms with Crippen LogP contribution in [0.2, 0.25) is 0 Å². The third kappa shape index (κ3) is 2.80. The molecule has 21 heavy (non-hydrogen) atoms. The third-order valence-corrected chi connectivity index (χ3v) is 5.02. The predicted octanol–water partition coefficient (Wildman–Crippen LogP) is 1.35. The molecule has 1 N–H and O–H groups in total. The van der Waals surface area contributed by atoms with E-state index in [1.807, 2.05) is 0 Å². The minimum Gasteiger partial charge on any atom is -0.364 e. The Morgan fingerprint density at radius 2 is 2.14 bits per heavy atom. The number of hydrogen-bond acceptors (Lipinski definition) is 5. The first-order valence-corrected chi connectivity index (χ1v) is 7.95. The van der Waals surface area contributed by atoms with Crippen LogP contribution in [0.25, 0.3) is 5.52 Å². The summed E-state index contributed by atoms with van der Waals surface area (Å²) in [6, 6.07) is 0.539. The summed E-state index contributed by atoms with van der Waals surface area (Å²) in [6.45, 7) is 0. The van der Waals surface area contributed by atoms with Gasteiger partial charge in [-0.2, -0.15) is 18.3 Å². The van der Waals surface area contributed by atoms with Gasteiger partial charge in [0.05, 0.1) is 11.5 Å². The van der Waals surface area contributed by atoms with E-state index in [1.165, 1.54) is 12.4 Å². The van der Waals surface area contributed by atoms with Gasteiger partial charge in [0.2, 0.25) is 0 Å². The van der Waals surface area contributed by atoms with Crippen molar-refractivity contribution in [1.29, 1.82) is 0 Å². The molecule has 1 aliphatic rings. The minimum atomic E-state index is -4.54. The van der Waals surface area contributed by atoms with Crippen LogP contribution in [-0.2, 0) is 16.0 Å². The van der Waals surface area contributed by atoms with Crippen molar-refractivity contribution in [2.45, 2.75) is 18.6 Å². The molecule has 10 heteroatoms. The largest absolute Gasteiger partial charge is 0.435 e. The summed E-state index contributed by atoms with van der Waals surface area (Å²) in [5, 5.41) is 6.33. The highest BCUT2D eigenvalue weighted by molar-refractivity contribution is 7.91. The minimum absolute atomic E-state index is 0.0456. The Hall–Kier alpha value is -1.84. The molecule has 0 saturated carbocycles. The van der Waals surface area contributed by atoms with Crippen molar-refractivity contribution in [3.63, 3.8) is 0 Å². The zero-order chi connectivity index (χ0) is 15.3. The summed E-state index contributed by atoms with van der Waals surface area (Å²) in [4.78, 5) is 3.98. The van der Waals surface area contributed by atoms with E-state index in [1.54, 1.807) is 0 Å². The topological polar surface area (TPSA) is 76.4 Å². The van der Waals surface area contributed by atoms with Crippen LogP contribution in [0.4, 0.5) is 19.0 Å². The van der Waals surface area contributed by atoms with E-state index in [2.05, 4.69) is 15.4 Å². The van der Waals surface area contributed by atoms with E-state index in [9.17, 15) is 21.6 Å². The molecule has 0 bridgehead atoms. The summed E-state index contributed by atoms with van der Waals surface area (Å²) in [5.74, 6) is 0.222. The Morgan fingerprint density at radius 3 is 2.76 bits per heavy atom. The van der Waals surface area contributed by atoms with Crippen molar-refractivity contribution in [2.75, 3.05) is 16.8 Å². The lowest BCUT2D eigenvalue weighted by Gasteiger charge is -2.11. The van der Waals surface area contributed by atoms with Gasteiger partial charge in [-0.1, -0.05) is 0 Å². The van der Waals surface area contributed by atoms with Crippen LogP contribution >= 0.6 is 0 Å². The molecule has 0 spiro atoms. The summed E-state index contributed by atoms with van der Waals surface area (Å²) in [6.07, 6.45) is -1.52. The fourth-order valence-corrected chi connectivity index (χ4v) is 3.95. The molecule has 6 nitrogen and oxygen atoms in total. The summed E-state index contributed by atoms with van der Waals surface area (Å²) >= 11 is 0. The highest BCUT2D eigenvalue weighted by atomic mass is 32.2. The first-order valence-electron chi connectivity index (χ1n) is 6.13. The van der Waals surface area contributed by atoms with Gasteiger partial charge >= 0.3 is 6.18 Å². The van der Waals surface area contributed by atoms with Gasteiger partial charge in [-0.15, -0.1) is 0 Å². The number of aromatic nitrogens is 3. The lowest BCUT2D eigenvalue weighted by molar-refractivity contribution is -0.141. The Morgan fingerprint density at radius 1 is 1.38 bits per heavy atom. The van der Waals surface area contributed by atoms with Gasteiger partial charge in [0, 0.05) is 24.5 Å². The highest BCUT2D eigenvalue weighted by Gasteiger charge is 2.35. The van der Waals surface area contributed by atoms with Crippen molar-refractivity contribution < 1.29 is 21.6 Å². The number of nitrogens with one attached hydrogen (secondary N) is 1. The number of alkyl halides is 3. The molecule has 0 aromatic carbocycles. The Balaban J connectivity index is 1.94. The lowest BCUT2D eigenvalue weighted by Crippen LogP contribution is -2.21. The van der Waals surface area contributed by atoms with Crippen LogP contribution in [0.5, 0.6) is 0 Å². The van der Waals surface area contributed by atoms with Crippen molar-refractivity contribution in [2.24, 2.45) is 0 Å². The van der Waals surface area contributed by atoms with Crippen molar-refractivity contribution >= 4 is 21.2 Å². The van der Waals surface area contributed by atoms with Gasteiger partial charge in [0.1, 0.15) is 5.52 Å². The molecule has 1 saturated heterocycles. The van der Waals surface area contributed by atoms with Crippen LogP contribution in [-0.4, -0.2) is 40.6 Å². The molecule has 0 radical (unpaired) electrons. The average Bonchev–Trinajstić information content (AvgIpc) is 2.93. The van der Waals surface area contributed by atoms with E-state index in [0.29, 0.717) is 6.42 Å². The summed E-state index contributed by atoms with van der Waals surface area (Å²) in [5.41, 5.74) is -0.855. The van der Waals surface area contributed by atoms with Gasteiger partial charge in [-0.05, 0) is 6.42 Å². The molecule has 1 atom stereocenters. The number of anilines is 1. The van der Waals surface area contributed by atoms with Crippen molar-refractivity contribution in [3.05, 3.63) is 24.2 Å². The number of halogens is 3. The van der Waals surface area contributed by atoms with E-state index < -0.39 is 21.7 Å². The fraction of sp³-hybridized carbons (Fsp3) is 0.455. The third-order valence-electron chi connectivity index (χ3n) is 3.25. The molecule has 0 amide bonds. The van der Waals surface area contributed by atoms with E-state index in [-0.39, 0.29) is 28.9 Å². The molecule has 3 heterocycles. The summed E-state index contributed by atoms with van der Waals surface area (Å²) in [7, 11) is -3.08. The number of nitrogens with zero attached hydrogens (tertiary/aromatic N) is 3. The molecule has 2 aromatic rings. The Kier molecular flexibility index (Phi) is 3.08.